The van der Waals surface area contributed by atoms with Gasteiger partial charge in [-0.05, 0) is 43.5 Å². The monoisotopic (exact) mass is 265 g/mol. The number of anilines is 1. The Morgan fingerprint density at radius 1 is 1.44 bits per heavy atom. The largest absolute Gasteiger partial charge is 0.365 e. The summed E-state index contributed by atoms with van der Waals surface area (Å²) >= 11 is 5.95. The van der Waals surface area contributed by atoms with Gasteiger partial charge in [0.2, 0.25) is 5.28 Å². The summed E-state index contributed by atoms with van der Waals surface area (Å²) in [5, 5.41) is 8.16. The van der Waals surface area contributed by atoms with Gasteiger partial charge in [0.05, 0.1) is 5.39 Å². The first-order chi connectivity index (χ1) is 8.74. The molecule has 2 aromatic heterocycles. The van der Waals surface area contributed by atoms with Gasteiger partial charge in [0.25, 0.3) is 0 Å². The van der Waals surface area contributed by atoms with E-state index < -0.39 is 0 Å². The third kappa shape index (κ3) is 2.15. The Morgan fingerprint density at radius 2 is 2.33 bits per heavy atom. The van der Waals surface area contributed by atoms with Gasteiger partial charge in [-0.2, -0.15) is 4.98 Å². The van der Waals surface area contributed by atoms with Crippen LogP contribution in [0.25, 0.3) is 11.0 Å². The van der Waals surface area contributed by atoms with Crippen LogP contribution in [0.15, 0.2) is 6.20 Å². The van der Waals surface area contributed by atoms with Crippen LogP contribution in [0.5, 0.6) is 0 Å². The molecule has 0 bridgehead atoms. The predicted molar refractivity (Wildman–Crippen MR) is 73.2 cm³/mol. The molecule has 0 saturated carbocycles. The molecule has 3 heterocycles. The summed E-state index contributed by atoms with van der Waals surface area (Å²) in [7, 11) is 0. The molecule has 1 aliphatic heterocycles. The first kappa shape index (κ1) is 11.7. The average Bonchev–Trinajstić information content (AvgIpc) is 2.72. The highest BCUT2D eigenvalue weighted by Gasteiger charge is 2.17. The molecule has 3 rings (SSSR count). The number of halogens is 1. The zero-order valence-corrected chi connectivity index (χ0v) is 11.0. The number of rotatable bonds is 2. The fourth-order valence-electron chi connectivity index (χ4n) is 2.43. The maximum atomic E-state index is 5.95. The number of piperidine rings is 1. The second-order valence-corrected chi connectivity index (χ2v) is 5.06. The van der Waals surface area contributed by atoms with Crippen LogP contribution in [0.2, 0.25) is 5.28 Å². The smallest absolute Gasteiger partial charge is 0.226 e. The molecule has 0 radical (unpaired) electrons. The van der Waals surface area contributed by atoms with Crippen molar-refractivity contribution in [3.05, 3.63) is 17.0 Å². The molecule has 5 nitrogen and oxygen atoms in total. The number of aryl methyl sites for hydroxylation is 1. The van der Waals surface area contributed by atoms with Crippen LogP contribution in [0.3, 0.4) is 0 Å². The van der Waals surface area contributed by atoms with Crippen LogP contribution < -0.4 is 10.6 Å². The molecule has 1 saturated heterocycles. The SMILES string of the molecule is Cc1c[nH]c2nc(Cl)nc(N[C@@H]3CCCNC3)c12. The van der Waals surface area contributed by atoms with E-state index in [0.717, 1.165) is 41.9 Å². The van der Waals surface area contributed by atoms with Gasteiger partial charge in [0.15, 0.2) is 0 Å². The van der Waals surface area contributed by atoms with Crippen molar-refractivity contribution < 1.29 is 0 Å². The topological polar surface area (TPSA) is 65.6 Å². The molecule has 3 N–H and O–H groups in total. The highest BCUT2D eigenvalue weighted by atomic mass is 35.5. The summed E-state index contributed by atoms with van der Waals surface area (Å²) < 4.78 is 0. The van der Waals surface area contributed by atoms with Gasteiger partial charge in [0, 0.05) is 18.8 Å². The third-order valence-corrected chi connectivity index (χ3v) is 3.51. The minimum absolute atomic E-state index is 0.274. The molecule has 1 fully saturated rings. The van der Waals surface area contributed by atoms with Gasteiger partial charge in [-0.25, -0.2) is 4.98 Å². The van der Waals surface area contributed by atoms with Gasteiger partial charge in [-0.3, -0.25) is 0 Å². The number of nitrogens with one attached hydrogen (secondary N) is 3. The Kier molecular flexibility index (Phi) is 3.09. The number of aromatic amines is 1. The minimum Gasteiger partial charge on any atom is -0.365 e. The Labute approximate surface area is 110 Å². The van der Waals surface area contributed by atoms with Crippen molar-refractivity contribution in [3.8, 4) is 0 Å². The van der Waals surface area contributed by atoms with Crippen molar-refractivity contribution in [2.24, 2.45) is 0 Å². The van der Waals surface area contributed by atoms with Gasteiger partial charge in [0.1, 0.15) is 11.5 Å². The molecular weight excluding hydrogens is 250 g/mol. The number of nitrogens with zero attached hydrogens (tertiary/aromatic N) is 2. The van der Waals surface area contributed by atoms with Gasteiger partial charge < -0.3 is 15.6 Å². The Bertz CT molecular complexity index is 559. The van der Waals surface area contributed by atoms with E-state index in [1.54, 1.807) is 0 Å². The Hall–Kier alpha value is -1.33. The third-order valence-electron chi connectivity index (χ3n) is 3.34. The molecule has 2 aromatic rings. The number of hydrogen-bond donors (Lipinski definition) is 3. The second kappa shape index (κ2) is 4.74. The van der Waals surface area contributed by atoms with Crippen molar-refractivity contribution in [1.29, 1.82) is 0 Å². The summed E-state index contributed by atoms with van der Waals surface area (Å²) in [6.07, 6.45) is 4.27. The molecule has 96 valence electrons. The summed E-state index contributed by atoms with van der Waals surface area (Å²) in [6.45, 7) is 4.11. The van der Waals surface area contributed by atoms with Crippen molar-refractivity contribution in [2.45, 2.75) is 25.8 Å². The van der Waals surface area contributed by atoms with Gasteiger partial charge >= 0.3 is 0 Å². The molecule has 0 unspecified atom stereocenters. The summed E-state index contributed by atoms with van der Waals surface area (Å²) in [4.78, 5) is 11.6. The van der Waals surface area contributed by atoms with E-state index >= 15 is 0 Å². The van der Waals surface area contributed by atoms with E-state index in [1.807, 2.05) is 13.1 Å². The number of hydrogen-bond acceptors (Lipinski definition) is 4. The highest BCUT2D eigenvalue weighted by molar-refractivity contribution is 6.28. The summed E-state index contributed by atoms with van der Waals surface area (Å²) in [5.41, 5.74) is 1.92. The molecule has 0 aromatic carbocycles. The van der Waals surface area contributed by atoms with Crippen molar-refractivity contribution in [2.75, 3.05) is 18.4 Å². The van der Waals surface area contributed by atoms with E-state index in [4.69, 9.17) is 11.6 Å². The summed E-state index contributed by atoms with van der Waals surface area (Å²) in [6, 6.07) is 0.405. The fraction of sp³-hybridized carbons (Fsp3) is 0.500. The average molecular weight is 266 g/mol. The number of fused-ring (bicyclic) bond motifs is 1. The standard InChI is InChI=1S/C12H16ClN5/c1-7-5-15-10-9(7)11(18-12(13)17-10)16-8-3-2-4-14-6-8/h5,8,14H,2-4,6H2,1H3,(H2,15,16,17,18)/t8-/m1/s1. The normalized spacial score (nSPS) is 20.2. The minimum atomic E-state index is 0.274. The van der Waals surface area contributed by atoms with Crippen LogP contribution in [-0.2, 0) is 0 Å². The number of aromatic nitrogens is 3. The van der Waals surface area contributed by atoms with E-state index in [-0.39, 0.29) is 5.28 Å². The number of H-pyrrole nitrogens is 1. The molecular formula is C12H16ClN5. The first-order valence-electron chi connectivity index (χ1n) is 6.22. The van der Waals surface area contributed by atoms with Crippen molar-refractivity contribution in [3.63, 3.8) is 0 Å². The predicted octanol–water partition coefficient (Wildman–Crippen LogP) is 2.08. The quantitative estimate of drug-likeness (QED) is 0.728. The zero-order chi connectivity index (χ0) is 12.5. The lowest BCUT2D eigenvalue weighted by Crippen LogP contribution is -2.38. The second-order valence-electron chi connectivity index (χ2n) is 4.72. The van der Waals surface area contributed by atoms with E-state index in [1.165, 1.54) is 6.42 Å². The van der Waals surface area contributed by atoms with Crippen molar-refractivity contribution in [1.82, 2.24) is 20.3 Å². The summed E-state index contributed by atoms with van der Waals surface area (Å²) in [5.74, 6) is 0.831. The molecule has 18 heavy (non-hydrogen) atoms. The van der Waals surface area contributed by atoms with Crippen LogP contribution in [0, 0.1) is 6.92 Å². The van der Waals surface area contributed by atoms with E-state index in [9.17, 15) is 0 Å². The molecule has 6 heteroatoms. The Balaban J connectivity index is 1.96. The molecule has 1 aliphatic rings. The zero-order valence-electron chi connectivity index (χ0n) is 10.3. The van der Waals surface area contributed by atoms with Crippen molar-refractivity contribution >= 4 is 28.5 Å². The lowest BCUT2D eigenvalue weighted by atomic mass is 10.1. The highest BCUT2D eigenvalue weighted by Crippen LogP contribution is 2.26. The molecule has 0 spiro atoms. The van der Waals surface area contributed by atoms with Crippen LogP contribution in [-0.4, -0.2) is 34.1 Å². The van der Waals surface area contributed by atoms with E-state index in [0.29, 0.717) is 6.04 Å². The lowest BCUT2D eigenvalue weighted by molar-refractivity contribution is 0.479. The van der Waals surface area contributed by atoms with Gasteiger partial charge in [-0.1, -0.05) is 0 Å². The molecule has 0 aliphatic carbocycles. The molecule has 1 atom stereocenters. The lowest BCUT2D eigenvalue weighted by Gasteiger charge is -2.24. The van der Waals surface area contributed by atoms with Gasteiger partial charge in [-0.15, -0.1) is 0 Å². The maximum absolute atomic E-state index is 5.95. The van der Waals surface area contributed by atoms with Crippen LogP contribution >= 0.6 is 11.6 Å². The molecule has 0 amide bonds. The Morgan fingerprint density at radius 3 is 3.11 bits per heavy atom. The van der Waals surface area contributed by atoms with Crippen LogP contribution in [0.1, 0.15) is 18.4 Å². The maximum Gasteiger partial charge on any atom is 0.226 e. The van der Waals surface area contributed by atoms with Crippen LogP contribution in [0.4, 0.5) is 5.82 Å². The fourth-order valence-corrected chi connectivity index (χ4v) is 2.60. The van der Waals surface area contributed by atoms with E-state index in [2.05, 4.69) is 25.6 Å². The first-order valence-corrected chi connectivity index (χ1v) is 6.60.